The molecule has 2 aromatic rings. The van der Waals surface area contributed by atoms with Crippen LogP contribution in [0.1, 0.15) is 49.3 Å². The van der Waals surface area contributed by atoms with Crippen LogP contribution in [0.3, 0.4) is 0 Å². The molecule has 0 bridgehead atoms. The van der Waals surface area contributed by atoms with E-state index >= 15 is 0 Å². The molecule has 0 saturated carbocycles. The van der Waals surface area contributed by atoms with Gasteiger partial charge in [-0.3, -0.25) is 0 Å². The maximum atomic E-state index is 11.5. The average Bonchev–Trinajstić information content (AvgIpc) is 2.74. The van der Waals surface area contributed by atoms with Crippen molar-refractivity contribution in [2.75, 3.05) is 20.8 Å². The molecular formula is C24H30O6. The molecule has 0 fully saturated rings. The second-order valence-electron chi connectivity index (χ2n) is 7.51. The van der Waals surface area contributed by atoms with Gasteiger partial charge in [-0.15, -0.1) is 0 Å². The smallest absolute Gasteiger partial charge is 0.341 e. The molecule has 6 heteroatoms. The quantitative estimate of drug-likeness (QED) is 0.516. The first-order chi connectivity index (χ1) is 14.4. The van der Waals surface area contributed by atoms with Crippen molar-refractivity contribution >= 4 is 12.3 Å². The first kappa shape index (κ1) is 23.3. The minimum absolute atomic E-state index is 0.242. The van der Waals surface area contributed by atoms with E-state index in [4.69, 9.17) is 14.2 Å². The van der Waals surface area contributed by atoms with Crippen molar-refractivity contribution < 1.29 is 28.9 Å². The molecule has 0 spiro atoms. The number of carboxylic acids is 1. The molecule has 1 atom stereocenters. The Balaban J connectivity index is 2.60. The number of aliphatic carboxylic acids is 1. The molecule has 0 aromatic heterocycles. The van der Waals surface area contributed by atoms with Crippen LogP contribution < -0.4 is 14.2 Å². The number of hydrogen-bond donors (Lipinski definition) is 1. The Morgan fingerprint density at radius 2 is 1.77 bits per heavy atom. The van der Waals surface area contributed by atoms with E-state index in [0.717, 1.165) is 35.1 Å². The molecular weight excluding hydrogens is 384 g/mol. The predicted octanol–water partition coefficient (Wildman–Crippen LogP) is 4.48. The van der Waals surface area contributed by atoms with Crippen molar-refractivity contribution in [2.24, 2.45) is 5.92 Å². The van der Waals surface area contributed by atoms with Gasteiger partial charge < -0.3 is 24.1 Å². The summed E-state index contributed by atoms with van der Waals surface area (Å²) < 4.78 is 16.6. The number of methoxy groups -OCH3 is 2. The zero-order valence-electron chi connectivity index (χ0n) is 18.0. The van der Waals surface area contributed by atoms with E-state index in [2.05, 4.69) is 13.8 Å². The van der Waals surface area contributed by atoms with Crippen molar-refractivity contribution in [3.05, 3.63) is 53.1 Å². The third kappa shape index (κ3) is 5.99. The number of hydrogen-bond acceptors (Lipinski definition) is 5. The van der Waals surface area contributed by atoms with Crippen LogP contribution in [0.15, 0.2) is 36.4 Å². The molecule has 1 N–H and O–H groups in total. The van der Waals surface area contributed by atoms with Gasteiger partial charge in [-0.1, -0.05) is 32.0 Å². The van der Waals surface area contributed by atoms with Gasteiger partial charge in [-0.2, -0.15) is 0 Å². The summed E-state index contributed by atoms with van der Waals surface area (Å²) in [6.45, 7) is 3.78. The highest BCUT2D eigenvalue weighted by atomic mass is 16.5. The highest BCUT2D eigenvalue weighted by Gasteiger charge is 2.24. The molecule has 0 radical (unpaired) electrons. The summed E-state index contributed by atoms with van der Waals surface area (Å²) in [4.78, 5) is 22.7. The van der Waals surface area contributed by atoms with Gasteiger partial charge in [-0.05, 0) is 42.5 Å². The number of aldehydes is 1. The zero-order valence-corrected chi connectivity index (χ0v) is 18.0. The molecule has 0 saturated heterocycles. The second-order valence-corrected chi connectivity index (χ2v) is 7.51. The molecule has 162 valence electrons. The van der Waals surface area contributed by atoms with Crippen LogP contribution in [0.4, 0.5) is 0 Å². The number of ether oxygens (including phenoxy) is 3. The van der Waals surface area contributed by atoms with Gasteiger partial charge in [0, 0.05) is 23.5 Å². The predicted molar refractivity (Wildman–Crippen MR) is 115 cm³/mol. The Labute approximate surface area is 177 Å². The number of carboxylic acid groups (broad SMARTS) is 1. The Bertz CT molecular complexity index is 842. The highest BCUT2D eigenvalue weighted by molar-refractivity contribution is 5.69. The fourth-order valence-corrected chi connectivity index (χ4v) is 3.44. The Kier molecular flexibility index (Phi) is 8.71. The molecule has 2 aromatic carbocycles. The topological polar surface area (TPSA) is 82.1 Å². The molecule has 1 unspecified atom stereocenters. The van der Waals surface area contributed by atoms with E-state index in [-0.39, 0.29) is 12.3 Å². The highest BCUT2D eigenvalue weighted by Crippen LogP contribution is 2.41. The summed E-state index contributed by atoms with van der Waals surface area (Å²) in [7, 11) is 3.18. The summed E-state index contributed by atoms with van der Waals surface area (Å²) in [5.74, 6) is 0.978. The lowest BCUT2D eigenvalue weighted by molar-refractivity contribution is -0.139. The first-order valence-corrected chi connectivity index (χ1v) is 10.0. The van der Waals surface area contributed by atoms with Crippen molar-refractivity contribution in [3.63, 3.8) is 0 Å². The second kappa shape index (κ2) is 11.2. The van der Waals surface area contributed by atoms with Gasteiger partial charge in [0.1, 0.15) is 23.5 Å². The molecule has 0 amide bonds. The lowest BCUT2D eigenvalue weighted by atomic mass is 9.86. The largest absolute Gasteiger partial charge is 0.497 e. The van der Waals surface area contributed by atoms with E-state index in [0.29, 0.717) is 23.8 Å². The third-order valence-corrected chi connectivity index (χ3v) is 5.01. The van der Waals surface area contributed by atoms with Crippen molar-refractivity contribution in [1.82, 2.24) is 0 Å². The Hall–Kier alpha value is -3.02. The standard InChI is InChI=1S/C24H30O6/c1-16(2)5-10-21-22(29-4)12-11-20(24(21)30-15-23(26)27)19(13-14-25)17-6-8-18(28-3)9-7-17/h6-9,11-12,14,16,19H,5,10,13,15H2,1-4H3,(H,26,27). The van der Waals surface area contributed by atoms with E-state index < -0.39 is 12.6 Å². The SMILES string of the molecule is COc1ccc(C(CC=O)c2ccc(OC)c(CCC(C)C)c2OCC(=O)O)cc1. The molecule has 0 aliphatic carbocycles. The van der Waals surface area contributed by atoms with E-state index in [9.17, 15) is 14.7 Å². The van der Waals surface area contributed by atoms with Crippen LogP contribution in [-0.4, -0.2) is 38.2 Å². The summed E-state index contributed by atoms with van der Waals surface area (Å²) in [6.07, 6.45) is 2.68. The van der Waals surface area contributed by atoms with Gasteiger partial charge in [0.2, 0.25) is 0 Å². The van der Waals surface area contributed by atoms with Crippen LogP contribution in [0.2, 0.25) is 0 Å². The molecule has 0 heterocycles. The van der Waals surface area contributed by atoms with Crippen LogP contribution in [0.25, 0.3) is 0 Å². The van der Waals surface area contributed by atoms with Crippen molar-refractivity contribution in [2.45, 2.75) is 39.0 Å². The fraction of sp³-hybridized carbons (Fsp3) is 0.417. The molecule has 30 heavy (non-hydrogen) atoms. The van der Waals surface area contributed by atoms with Crippen LogP contribution >= 0.6 is 0 Å². The number of benzene rings is 2. The number of rotatable bonds is 12. The Morgan fingerprint density at radius 1 is 1.07 bits per heavy atom. The molecule has 2 rings (SSSR count). The molecule has 6 nitrogen and oxygen atoms in total. The molecule has 0 aliphatic rings. The van der Waals surface area contributed by atoms with Gasteiger partial charge in [-0.25, -0.2) is 4.79 Å². The third-order valence-electron chi connectivity index (χ3n) is 5.01. The summed E-state index contributed by atoms with van der Waals surface area (Å²) in [5.41, 5.74) is 2.52. The number of carbonyl (C=O) groups is 2. The zero-order chi connectivity index (χ0) is 22.1. The maximum absolute atomic E-state index is 11.5. The Morgan fingerprint density at radius 3 is 2.30 bits per heavy atom. The normalized spacial score (nSPS) is 11.8. The van der Waals surface area contributed by atoms with Crippen LogP contribution in [-0.2, 0) is 16.0 Å². The lowest BCUT2D eigenvalue weighted by Gasteiger charge is -2.23. The lowest BCUT2D eigenvalue weighted by Crippen LogP contribution is -2.15. The van der Waals surface area contributed by atoms with E-state index in [1.165, 1.54) is 0 Å². The van der Waals surface area contributed by atoms with Gasteiger partial charge in [0.25, 0.3) is 0 Å². The van der Waals surface area contributed by atoms with Crippen molar-refractivity contribution in [3.8, 4) is 17.2 Å². The summed E-state index contributed by atoms with van der Waals surface area (Å²) >= 11 is 0. The van der Waals surface area contributed by atoms with Gasteiger partial charge in [0.05, 0.1) is 14.2 Å². The summed E-state index contributed by atoms with van der Waals surface area (Å²) in [6, 6.07) is 11.2. The number of carbonyl (C=O) groups excluding carboxylic acids is 1. The average molecular weight is 414 g/mol. The fourth-order valence-electron chi connectivity index (χ4n) is 3.44. The molecule has 0 aliphatic heterocycles. The minimum atomic E-state index is -1.06. The minimum Gasteiger partial charge on any atom is -0.497 e. The van der Waals surface area contributed by atoms with Crippen LogP contribution in [0.5, 0.6) is 17.2 Å². The maximum Gasteiger partial charge on any atom is 0.341 e. The van der Waals surface area contributed by atoms with Gasteiger partial charge in [0.15, 0.2) is 6.61 Å². The van der Waals surface area contributed by atoms with E-state index in [1.54, 1.807) is 14.2 Å². The van der Waals surface area contributed by atoms with Crippen molar-refractivity contribution in [1.29, 1.82) is 0 Å². The van der Waals surface area contributed by atoms with E-state index in [1.807, 2.05) is 36.4 Å². The summed E-state index contributed by atoms with van der Waals surface area (Å²) in [5, 5.41) is 9.19. The first-order valence-electron chi connectivity index (χ1n) is 10.0. The van der Waals surface area contributed by atoms with Crippen LogP contribution in [0, 0.1) is 5.92 Å². The monoisotopic (exact) mass is 414 g/mol. The van der Waals surface area contributed by atoms with Gasteiger partial charge >= 0.3 is 5.97 Å².